The van der Waals surface area contributed by atoms with Crippen LogP contribution in [-0.4, -0.2) is 28.6 Å². The van der Waals surface area contributed by atoms with Crippen LogP contribution in [0.25, 0.3) is 0 Å². The smallest absolute Gasteiger partial charge is 0.302 e. The minimum absolute atomic E-state index is 0.0292. The van der Waals surface area contributed by atoms with Gasteiger partial charge in [-0.15, -0.1) is 0 Å². The summed E-state index contributed by atoms with van der Waals surface area (Å²) in [7, 11) is 0. The summed E-state index contributed by atoms with van der Waals surface area (Å²) in [6.45, 7) is 7.64. The first-order chi connectivity index (χ1) is 12.6. The van der Waals surface area contributed by atoms with E-state index in [2.05, 4.69) is 19.9 Å². The molecule has 0 aromatic heterocycles. The summed E-state index contributed by atoms with van der Waals surface area (Å²) < 4.78 is 5.51. The number of hydrogen-bond donors (Lipinski definition) is 1. The minimum atomic E-state index is -1.14. The van der Waals surface area contributed by atoms with Gasteiger partial charge in [-0.3, -0.25) is 9.59 Å². The van der Waals surface area contributed by atoms with E-state index in [1.54, 1.807) is 6.92 Å². The topological polar surface area (TPSA) is 63.6 Å². The van der Waals surface area contributed by atoms with E-state index in [0.29, 0.717) is 24.2 Å². The van der Waals surface area contributed by atoms with Gasteiger partial charge in [-0.25, -0.2) is 0 Å². The highest BCUT2D eigenvalue weighted by atomic mass is 16.5. The third-order valence-corrected chi connectivity index (χ3v) is 9.13. The molecule has 3 saturated carbocycles. The molecule has 0 radical (unpaired) electrons. The summed E-state index contributed by atoms with van der Waals surface area (Å²) in [5.41, 5.74) is 0.235. The molecular formula is C23H34O4. The molecule has 0 saturated heterocycles. The van der Waals surface area contributed by atoms with Crippen LogP contribution in [0.1, 0.15) is 79.1 Å². The fraction of sp³-hybridized carbons (Fsp3) is 0.826. The molecule has 0 aromatic rings. The van der Waals surface area contributed by atoms with Crippen LogP contribution in [0.3, 0.4) is 0 Å². The lowest BCUT2D eigenvalue weighted by Gasteiger charge is -2.58. The number of fused-ring (bicyclic) bond motifs is 5. The summed E-state index contributed by atoms with van der Waals surface area (Å²) in [4.78, 5) is 23.7. The predicted molar refractivity (Wildman–Crippen MR) is 103 cm³/mol. The molecule has 4 nitrogen and oxygen atoms in total. The Hall–Kier alpha value is -1.16. The first kappa shape index (κ1) is 19.2. The summed E-state index contributed by atoms with van der Waals surface area (Å²) in [5.74, 6) is 1.36. The lowest BCUT2D eigenvalue weighted by atomic mass is 9.47. The lowest BCUT2D eigenvalue weighted by Crippen LogP contribution is -2.57. The van der Waals surface area contributed by atoms with Gasteiger partial charge in [0.15, 0.2) is 5.78 Å². The quantitative estimate of drug-likeness (QED) is 0.581. The number of carbonyl (C=O) groups is 2. The summed E-state index contributed by atoms with van der Waals surface area (Å²) in [6, 6.07) is 0. The number of esters is 1. The highest BCUT2D eigenvalue weighted by molar-refractivity contribution is 5.86. The Morgan fingerprint density at radius 2 is 1.78 bits per heavy atom. The van der Waals surface area contributed by atoms with Crippen LogP contribution in [0.2, 0.25) is 0 Å². The van der Waals surface area contributed by atoms with Crippen molar-refractivity contribution in [2.24, 2.45) is 28.6 Å². The van der Waals surface area contributed by atoms with Gasteiger partial charge >= 0.3 is 5.97 Å². The van der Waals surface area contributed by atoms with Crippen molar-refractivity contribution in [3.05, 3.63) is 11.6 Å². The minimum Gasteiger partial charge on any atom is -0.462 e. The van der Waals surface area contributed by atoms with Crippen LogP contribution < -0.4 is 0 Å². The third-order valence-electron chi connectivity index (χ3n) is 9.13. The SMILES string of the molecule is CC(=O)O[C@@H]1CC[C@@]2(C)C(=CC[C@H]3[C@@H]2CC[C@@]2(C)[C@H]3CC[C@]2(O)C(C)=O)C1. The van der Waals surface area contributed by atoms with Gasteiger partial charge in [-0.05, 0) is 75.0 Å². The van der Waals surface area contributed by atoms with Gasteiger partial charge in [0.2, 0.25) is 0 Å². The van der Waals surface area contributed by atoms with Crippen LogP contribution in [0, 0.1) is 28.6 Å². The maximum atomic E-state index is 12.3. The maximum Gasteiger partial charge on any atom is 0.302 e. The summed E-state index contributed by atoms with van der Waals surface area (Å²) in [5, 5.41) is 11.2. The van der Waals surface area contributed by atoms with Crippen molar-refractivity contribution < 1.29 is 19.4 Å². The van der Waals surface area contributed by atoms with Crippen molar-refractivity contribution in [2.45, 2.75) is 90.8 Å². The van der Waals surface area contributed by atoms with Gasteiger partial charge in [-0.1, -0.05) is 25.5 Å². The van der Waals surface area contributed by atoms with Crippen LogP contribution in [-0.2, 0) is 14.3 Å². The van der Waals surface area contributed by atoms with E-state index in [0.717, 1.165) is 44.9 Å². The van der Waals surface area contributed by atoms with Gasteiger partial charge in [0.1, 0.15) is 11.7 Å². The third kappa shape index (κ3) is 2.58. The number of Topliss-reactive ketones (excluding diaryl/α,β-unsaturated/α-hetero) is 1. The molecule has 0 amide bonds. The fourth-order valence-corrected chi connectivity index (χ4v) is 7.56. The number of ketones is 1. The Kier molecular flexibility index (Phi) is 4.38. The predicted octanol–water partition coefficient (Wildman–Crippen LogP) is 4.20. The molecule has 150 valence electrons. The molecule has 4 aliphatic carbocycles. The molecular weight excluding hydrogens is 340 g/mol. The normalized spacial score (nSPS) is 48.7. The lowest BCUT2D eigenvalue weighted by molar-refractivity contribution is -0.160. The Morgan fingerprint density at radius 3 is 2.44 bits per heavy atom. The zero-order chi connectivity index (χ0) is 19.6. The monoisotopic (exact) mass is 374 g/mol. The Balaban J connectivity index is 1.61. The number of hydrogen-bond acceptors (Lipinski definition) is 4. The van der Waals surface area contributed by atoms with Crippen LogP contribution in [0.5, 0.6) is 0 Å². The van der Waals surface area contributed by atoms with Crippen molar-refractivity contribution in [3.63, 3.8) is 0 Å². The zero-order valence-electron chi connectivity index (χ0n) is 17.2. The van der Waals surface area contributed by atoms with E-state index in [4.69, 9.17) is 4.74 Å². The Bertz CT molecular complexity index is 696. The Labute approximate surface area is 162 Å². The average Bonchev–Trinajstić information content (AvgIpc) is 2.87. The molecule has 3 fully saturated rings. The van der Waals surface area contributed by atoms with Crippen LogP contribution >= 0.6 is 0 Å². The number of allylic oxidation sites excluding steroid dienone is 1. The molecule has 0 heterocycles. The zero-order valence-corrected chi connectivity index (χ0v) is 17.2. The largest absolute Gasteiger partial charge is 0.462 e. The molecule has 7 atom stereocenters. The highest BCUT2D eigenvalue weighted by Gasteiger charge is 2.65. The Morgan fingerprint density at radius 1 is 1.07 bits per heavy atom. The highest BCUT2D eigenvalue weighted by Crippen LogP contribution is 2.67. The van der Waals surface area contributed by atoms with E-state index in [1.165, 1.54) is 12.5 Å². The van der Waals surface area contributed by atoms with E-state index in [1.807, 2.05) is 0 Å². The average molecular weight is 375 g/mol. The molecule has 4 aliphatic rings. The number of aliphatic hydroxyl groups is 1. The van der Waals surface area contributed by atoms with Gasteiger partial charge in [0.25, 0.3) is 0 Å². The van der Waals surface area contributed by atoms with E-state index < -0.39 is 5.60 Å². The summed E-state index contributed by atoms with van der Waals surface area (Å²) >= 11 is 0. The van der Waals surface area contributed by atoms with Gasteiger partial charge < -0.3 is 9.84 Å². The summed E-state index contributed by atoms with van der Waals surface area (Å²) in [6.07, 6.45) is 9.96. The van der Waals surface area contributed by atoms with Crippen LogP contribution in [0.4, 0.5) is 0 Å². The fourth-order valence-electron chi connectivity index (χ4n) is 7.56. The van der Waals surface area contributed by atoms with Gasteiger partial charge in [0.05, 0.1) is 0 Å². The molecule has 0 unspecified atom stereocenters. The first-order valence-electron chi connectivity index (χ1n) is 10.7. The second-order valence-electron chi connectivity index (χ2n) is 10.1. The van der Waals surface area contributed by atoms with Crippen LogP contribution in [0.15, 0.2) is 11.6 Å². The van der Waals surface area contributed by atoms with E-state index in [9.17, 15) is 14.7 Å². The second-order valence-corrected chi connectivity index (χ2v) is 10.1. The standard InChI is InChI=1S/C23H34O4/c1-14(24)23(26)12-9-20-18-6-5-16-13-17(27-15(2)25)7-10-21(16,3)19(18)8-11-22(20,23)4/h5,17-20,26H,6-13H2,1-4H3/t17-,18+,19+,20+,21+,22+,23+/m1/s1. The molecule has 0 aliphatic heterocycles. The molecule has 0 spiro atoms. The van der Waals surface area contributed by atoms with E-state index >= 15 is 0 Å². The van der Waals surface area contributed by atoms with Gasteiger partial charge in [-0.2, -0.15) is 0 Å². The van der Waals surface area contributed by atoms with Crippen molar-refractivity contribution >= 4 is 11.8 Å². The number of ether oxygens (including phenoxy) is 1. The first-order valence-corrected chi connectivity index (χ1v) is 10.7. The van der Waals surface area contributed by atoms with Crippen molar-refractivity contribution in [1.82, 2.24) is 0 Å². The molecule has 0 bridgehead atoms. The second kappa shape index (κ2) is 6.17. The molecule has 0 aromatic carbocycles. The van der Waals surface area contributed by atoms with Gasteiger partial charge in [0, 0.05) is 18.8 Å². The molecule has 27 heavy (non-hydrogen) atoms. The van der Waals surface area contributed by atoms with Crippen molar-refractivity contribution in [1.29, 1.82) is 0 Å². The molecule has 4 heteroatoms. The molecule has 1 N–H and O–H groups in total. The molecule has 4 rings (SSSR count). The van der Waals surface area contributed by atoms with Crippen molar-refractivity contribution in [3.8, 4) is 0 Å². The van der Waals surface area contributed by atoms with Crippen molar-refractivity contribution in [2.75, 3.05) is 0 Å². The number of carbonyl (C=O) groups excluding carboxylic acids is 2. The maximum absolute atomic E-state index is 12.3. The number of rotatable bonds is 2. The van der Waals surface area contributed by atoms with E-state index in [-0.39, 0.29) is 28.7 Å².